The first-order valence-corrected chi connectivity index (χ1v) is 6.74. The van der Waals surface area contributed by atoms with Crippen LogP contribution in [0.3, 0.4) is 0 Å². The molecule has 0 radical (unpaired) electrons. The predicted octanol–water partition coefficient (Wildman–Crippen LogP) is 1.67. The van der Waals surface area contributed by atoms with Crippen LogP contribution in [-0.4, -0.2) is 47.5 Å². The van der Waals surface area contributed by atoms with Gasteiger partial charge in [0, 0.05) is 38.2 Å². The Morgan fingerprint density at radius 2 is 2.10 bits per heavy atom. The average molecular weight is 296 g/mol. The van der Waals surface area contributed by atoms with Gasteiger partial charge in [0.2, 0.25) is 17.6 Å². The number of nitrogens with one attached hydrogen (secondary N) is 1. The number of methoxy groups -OCH3 is 1. The van der Waals surface area contributed by atoms with Gasteiger partial charge < -0.3 is 15.0 Å². The molecule has 8 nitrogen and oxygen atoms in total. The van der Waals surface area contributed by atoms with Crippen LogP contribution in [0.2, 0.25) is 0 Å². The Hall–Kier alpha value is -2.38. The largest absolute Gasteiger partial charge is 0.481 e. The standard InChI is InChI=1S/C13H20N4O4/c1-4-16(5-2)12(18)8-9-14-13-10(17(19)20)6-7-11(15-13)21-3/h6-7H,4-5,8-9H2,1-3H3,(H,14,15). The van der Waals surface area contributed by atoms with Gasteiger partial charge in [0.25, 0.3) is 0 Å². The topological polar surface area (TPSA) is 97.6 Å². The second-order valence-corrected chi connectivity index (χ2v) is 4.22. The highest BCUT2D eigenvalue weighted by atomic mass is 16.6. The maximum atomic E-state index is 11.8. The number of carbonyl (C=O) groups is 1. The van der Waals surface area contributed by atoms with Crippen LogP contribution in [0.1, 0.15) is 20.3 Å². The average Bonchev–Trinajstić information content (AvgIpc) is 2.48. The van der Waals surface area contributed by atoms with E-state index in [0.717, 1.165) is 0 Å². The summed E-state index contributed by atoms with van der Waals surface area (Å²) in [6, 6.07) is 2.74. The number of pyridine rings is 1. The monoisotopic (exact) mass is 296 g/mol. The van der Waals surface area contributed by atoms with Crippen LogP contribution in [0, 0.1) is 10.1 Å². The molecule has 0 aromatic carbocycles. The molecule has 1 heterocycles. The second kappa shape index (κ2) is 8.03. The zero-order valence-electron chi connectivity index (χ0n) is 12.5. The highest BCUT2D eigenvalue weighted by Crippen LogP contribution is 2.24. The molecule has 21 heavy (non-hydrogen) atoms. The number of amides is 1. The molecular weight excluding hydrogens is 276 g/mol. The molecule has 116 valence electrons. The van der Waals surface area contributed by atoms with Crippen LogP contribution in [0.4, 0.5) is 11.5 Å². The third kappa shape index (κ3) is 4.59. The van der Waals surface area contributed by atoms with Crippen molar-refractivity contribution in [2.75, 3.05) is 32.1 Å². The summed E-state index contributed by atoms with van der Waals surface area (Å²) >= 11 is 0. The molecule has 1 N–H and O–H groups in total. The second-order valence-electron chi connectivity index (χ2n) is 4.22. The predicted molar refractivity (Wildman–Crippen MR) is 78.5 cm³/mol. The Kier molecular flexibility index (Phi) is 6.38. The van der Waals surface area contributed by atoms with Gasteiger partial charge in [-0.15, -0.1) is 0 Å². The SMILES string of the molecule is CCN(CC)C(=O)CCNc1nc(OC)ccc1[N+](=O)[O-]. The molecule has 1 rings (SSSR count). The van der Waals surface area contributed by atoms with Gasteiger partial charge in [-0.05, 0) is 13.8 Å². The fraction of sp³-hybridized carbons (Fsp3) is 0.538. The fourth-order valence-electron chi connectivity index (χ4n) is 1.85. The summed E-state index contributed by atoms with van der Waals surface area (Å²) in [4.78, 5) is 27.9. The Morgan fingerprint density at radius 1 is 1.43 bits per heavy atom. The molecule has 0 atom stereocenters. The number of hydrogen-bond acceptors (Lipinski definition) is 6. The maximum absolute atomic E-state index is 11.8. The van der Waals surface area contributed by atoms with Crippen LogP contribution >= 0.6 is 0 Å². The molecule has 0 unspecified atom stereocenters. The Balaban J connectivity index is 2.70. The number of ether oxygens (including phenoxy) is 1. The Labute approximate surface area is 123 Å². The quantitative estimate of drug-likeness (QED) is 0.579. The lowest BCUT2D eigenvalue weighted by atomic mass is 10.3. The summed E-state index contributed by atoms with van der Waals surface area (Å²) in [6.07, 6.45) is 0.248. The highest BCUT2D eigenvalue weighted by Gasteiger charge is 2.17. The van der Waals surface area contributed by atoms with Gasteiger partial charge in [0.1, 0.15) is 0 Å². The summed E-state index contributed by atoms with van der Waals surface area (Å²) in [7, 11) is 1.43. The fourth-order valence-corrected chi connectivity index (χ4v) is 1.85. The summed E-state index contributed by atoms with van der Waals surface area (Å²) < 4.78 is 4.94. The number of nitro groups is 1. The van der Waals surface area contributed by atoms with Gasteiger partial charge in [-0.3, -0.25) is 14.9 Å². The highest BCUT2D eigenvalue weighted by molar-refractivity contribution is 5.76. The molecule has 1 aromatic heterocycles. The zero-order chi connectivity index (χ0) is 15.8. The summed E-state index contributed by atoms with van der Waals surface area (Å²) in [6.45, 7) is 5.38. The van der Waals surface area contributed by atoms with Crippen molar-refractivity contribution in [1.82, 2.24) is 9.88 Å². The van der Waals surface area contributed by atoms with Crippen molar-refractivity contribution in [3.8, 4) is 5.88 Å². The van der Waals surface area contributed by atoms with Crippen molar-refractivity contribution in [1.29, 1.82) is 0 Å². The first-order valence-electron chi connectivity index (χ1n) is 6.74. The third-order valence-electron chi connectivity index (χ3n) is 3.00. The summed E-state index contributed by atoms with van der Waals surface area (Å²) in [5.74, 6) is 0.378. The van der Waals surface area contributed by atoms with Gasteiger partial charge in [0.15, 0.2) is 0 Å². The van der Waals surface area contributed by atoms with Crippen LogP contribution in [0.5, 0.6) is 5.88 Å². The molecule has 0 saturated carbocycles. The first kappa shape index (κ1) is 16.7. The lowest BCUT2D eigenvalue weighted by molar-refractivity contribution is -0.384. The van der Waals surface area contributed by atoms with E-state index in [1.165, 1.54) is 19.2 Å². The third-order valence-corrected chi connectivity index (χ3v) is 3.00. The Morgan fingerprint density at radius 3 is 2.62 bits per heavy atom. The van der Waals surface area contributed by atoms with Gasteiger partial charge >= 0.3 is 5.69 Å². The summed E-state index contributed by atoms with van der Waals surface area (Å²) in [5.41, 5.74) is -0.147. The summed E-state index contributed by atoms with van der Waals surface area (Å²) in [5, 5.41) is 13.8. The van der Waals surface area contributed by atoms with E-state index in [-0.39, 0.29) is 36.3 Å². The number of rotatable bonds is 8. The number of carbonyl (C=O) groups excluding carboxylic acids is 1. The minimum absolute atomic E-state index is 0.00181. The van der Waals surface area contributed by atoms with E-state index < -0.39 is 4.92 Å². The molecule has 8 heteroatoms. The van der Waals surface area contributed by atoms with E-state index in [4.69, 9.17) is 4.74 Å². The smallest absolute Gasteiger partial charge is 0.311 e. The minimum Gasteiger partial charge on any atom is -0.481 e. The molecule has 0 aliphatic rings. The van der Waals surface area contributed by atoms with Gasteiger partial charge in [0.05, 0.1) is 12.0 Å². The van der Waals surface area contributed by atoms with Crippen LogP contribution in [0.25, 0.3) is 0 Å². The van der Waals surface area contributed by atoms with Gasteiger partial charge in [-0.1, -0.05) is 0 Å². The molecular formula is C13H20N4O4. The maximum Gasteiger partial charge on any atom is 0.311 e. The lowest BCUT2D eigenvalue weighted by Crippen LogP contribution is -2.31. The van der Waals surface area contributed by atoms with Crippen LogP contribution < -0.4 is 10.1 Å². The van der Waals surface area contributed by atoms with Crippen molar-refractivity contribution >= 4 is 17.4 Å². The molecule has 0 saturated heterocycles. The van der Waals surface area contributed by atoms with E-state index in [0.29, 0.717) is 13.1 Å². The lowest BCUT2D eigenvalue weighted by Gasteiger charge is -2.18. The normalized spacial score (nSPS) is 10.0. The number of nitrogens with zero attached hydrogens (tertiary/aromatic N) is 3. The molecule has 1 amide bonds. The van der Waals surface area contributed by atoms with Gasteiger partial charge in [-0.25, -0.2) is 0 Å². The number of hydrogen-bond donors (Lipinski definition) is 1. The van der Waals surface area contributed by atoms with Crippen molar-refractivity contribution < 1.29 is 14.5 Å². The number of anilines is 1. The molecule has 0 aliphatic heterocycles. The van der Waals surface area contributed by atoms with E-state index in [1.807, 2.05) is 13.8 Å². The van der Waals surface area contributed by atoms with Gasteiger partial charge in [-0.2, -0.15) is 4.98 Å². The van der Waals surface area contributed by atoms with E-state index in [2.05, 4.69) is 10.3 Å². The van der Waals surface area contributed by atoms with Crippen molar-refractivity contribution in [2.45, 2.75) is 20.3 Å². The zero-order valence-corrected chi connectivity index (χ0v) is 12.5. The van der Waals surface area contributed by atoms with E-state index in [9.17, 15) is 14.9 Å². The van der Waals surface area contributed by atoms with Crippen molar-refractivity contribution in [3.63, 3.8) is 0 Å². The Bertz CT molecular complexity index is 503. The number of aromatic nitrogens is 1. The van der Waals surface area contributed by atoms with Crippen molar-refractivity contribution in [2.24, 2.45) is 0 Å². The minimum atomic E-state index is -0.527. The van der Waals surface area contributed by atoms with Crippen LogP contribution in [0.15, 0.2) is 12.1 Å². The first-order chi connectivity index (χ1) is 10.0. The molecule has 1 aromatic rings. The van der Waals surface area contributed by atoms with E-state index >= 15 is 0 Å². The molecule has 0 bridgehead atoms. The molecule has 0 aliphatic carbocycles. The van der Waals surface area contributed by atoms with Crippen LogP contribution in [-0.2, 0) is 4.79 Å². The van der Waals surface area contributed by atoms with E-state index in [1.54, 1.807) is 4.90 Å². The molecule has 0 fully saturated rings. The molecule has 0 spiro atoms. The van der Waals surface area contributed by atoms with Crippen molar-refractivity contribution in [3.05, 3.63) is 22.2 Å².